The number of aliphatic carboxylic acids is 1. The van der Waals surface area contributed by atoms with Gasteiger partial charge < -0.3 is 14.8 Å². The van der Waals surface area contributed by atoms with Crippen LogP contribution in [-0.4, -0.2) is 39.0 Å². The lowest BCUT2D eigenvalue weighted by Crippen LogP contribution is -2.35. The molecule has 0 saturated carbocycles. The van der Waals surface area contributed by atoms with Gasteiger partial charge in [-0.3, -0.25) is 19.5 Å². The molecule has 3 heterocycles. The summed E-state index contributed by atoms with van der Waals surface area (Å²) >= 11 is 5.91. The summed E-state index contributed by atoms with van der Waals surface area (Å²) in [5.41, 5.74) is 5.67. The van der Waals surface area contributed by atoms with E-state index in [4.69, 9.17) is 16.3 Å². The van der Waals surface area contributed by atoms with Gasteiger partial charge in [0.1, 0.15) is 12.4 Å². The van der Waals surface area contributed by atoms with E-state index in [1.165, 1.54) is 11.1 Å². The standard InChI is InChI=1S/C28H28ClN3O4/c29-23-5-6-24(31-15-23)17-36-25-7-10-30-27(33)26(25)22-4-3-20-13-18(1-2-21(20)14-22)16-32-11-8-19(9-12-32)28(34)35/h1-2,5-7,10,13-15,19H,3-4,8-9,11-12,16-17H2,(H,30,33)(H,34,35). The van der Waals surface area contributed by atoms with E-state index in [9.17, 15) is 14.7 Å². The Bertz CT molecular complexity index is 1340. The van der Waals surface area contributed by atoms with Crippen molar-refractivity contribution < 1.29 is 14.6 Å². The highest BCUT2D eigenvalue weighted by atomic mass is 35.5. The first-order valence-corrected chi connectivity index (χ1v) is 12.6. The van der Waals surface area contributed by atoms with E-state index in [0.29, 0.717) is 29.2 Å². The van der Waals surface area contributed by atoms with E-state index in [2.05, 4.69) is 39.1 Å². The number of aromatic nitrogens is 2. The van der Waals surface area contributed by atoms with Gasteiger partial charge in [-0.05, 0) is 79.2 Å². The molecule has 0 radical (unpaired) electrons. The second kappa shape index (κ2) is 10.7. The second-order valence-corrected chi connectivity index (χ2v) is 9.83. The van der Waals surface area contributed by atoms with Crippen molar-refractivity contribution in [3.8, 4) is 5.75 Å². The number of hydrogen-bond donors (Lipinski definition) is 2. The number of carboxylic acid groups (broad SMARTS) is 1. The highest BCUT2D eigenvalue weighted by Gasteiger charge is 2.25. The molecule has 0 amide bonds. The maximum Gasteiger partial charge on any atom is 0.306 e. The monoisotopic (exact) mass is 505 g/mol. The number of nitrogens with zero attached hydrogens (tertiary/aromatic N) is 2. The molecule has 0 bridgehead atoms. The smallest absolute Gasteiger partial charge is 0.306 e. The third kappa shape index (κ3) is 5.53. The Hall–Kier alpha value is -3.42. The van der Waals surface area contributed by atoms with Gasteiger partial charge in [0.15, 0.2) is 0 Å². The fraction of sp³-hybridized carbons (Fsp3) is 0.321. The lowest BCUT2D eigenvalue weighted by Gasteiger charge is -2.30. The molecule has 1 fully saturated rings. The number of H-pyrrole nitrogens is 1. The van der Waals surface area contributed by atoms with Crippen LogP contribution < -0.4 is 10.3 Å². The molecule has 5 rings (SSSR count). The molecule has 0 unspecified atom stereocenters. The molecule has 186 valence electrons. The van der Waals surface area contributed by atoms with Crippen molar-refractivity contribution in [3.05, 3.63) is 92.1 Å². The molecule has 2 aromatic heterocycles. The van der Waals surface area contributed by atoms with Crippen LogP contribution in [0.4, 0.5) is 0 Å². The van der Waals surface area contributed by atoms with E-state index in [1.807, 2.05) is 0 Å². The molecule has 2 N–H and O–H groups in total. The molecule has 1 aliphatic carbocycles. The van der Waals surface area contributed by atoms with Crippen molar-refractivity contribution in [3.63, 3.8) is 0 Å². The van der Waals surface area contributed by atoms with Crippen molar-refractivity contribution in [2.45, 2.75) is 38.8 Å². The topological polar surface area (TPSA) is 95.5 Å². The average molecular weight is 506 g/mol. The lowest BCUT2D eigenvalue weighted by molar-refractivity contribution is -0.143. The van der Waals surface area contributed by atoms with E-state index in [0.717, 1.165) is 49.3 Å². The minimum absolute atomic E-state index is 0.173. The zero-order chi connectivity index (χ0) is 25.1. The van der Waals surface area contributed by atoms with Gasteiger partial charge in [0.25, 0.3) is 5.56 Å². The third-order valence-electron chi connectivity index (χ3n) is 6.95. The molecule has 8 heteroatoms. The molecule has 0 atom stereocenters. The van der Waals surface area contributed by atoms with Crippen LogP contribution in [0.15, 0.2) is 53.6 Å². The zero-order valence-corrected chi connectivity index (χ0v) is 20.6. The number of likely N-dealkylation sites (tertiary alicyclic amines) is 1. The second-order valence-electron chi connectivity index (χ2n) is 9.39. The molecular weight excluding hydrogens is 478 g/mol. The highest BCUT2D eigenvalue weighted by Crippen LogP contribution is 2.34. The van der Waals surface area contributed by atoms with Crippen molar-refractivity contribution >= 4 is 29.2 Å². The van der Waals surface area contributed by atoms with E-state index >= 15 is 0 Å². The first-order chi connectivity index (χ1) is 17.5. The van der Waals surface area contributed by atoms with Crippen LogP contribution in [0.2, 0.25) is 5.02 Å². The first kappa shape index (κ1) is 24.3. The summed E-state index contributed by atoms with van der Waals surface area (Å²) in [5.74, 6) is -0.365. The number of halogens is 1. The largest absolute Gasteiger partial charge is 0.486 e. The highest BCUT2D eigenvalue weighted by molar-refractivity contribution is 6.30. The summed E-state index contributed by atoms with van der Waals surface area (Å²) in [5, 5.41) is 9.78. The Morgan fingerprint density at radius 3 is 2.75 bits per heavy atom. The van der Waals surface area contributed by atoms with E-state index < -0.39 is 5.97 Å². The number of piperidine rings is 1. The molecule has 1 saturated heterocycles. The summed E-state index contributed by atoms with van der Waals surface area (Å²) in [7, 11) is 0. The predicted molar refractivity (Wildman–Crippen MR) is 139 cm³/mol. The first-order valence-electron chi connectivity index (χ1n) is 12.2. The molecule has 2 aliphatic rings. The van der Waals surface area contributed by atoms with Crippen LogP contribution >= 0.6 is 11.6 Å². The Labute approximate surface area is 214 Å². The van der Waals surface area contributed by atoms with Crippen LogP contribution in [0.5, 0.6) is 5.75 Å². The fourth-order valence-electron chi connectivity index (χ4n) is 4.97. The van der Waals surface area contributed by atoms with Crippen molar-refractivity contribution in [2.75, 3.05) is 13.1 Å². The number of carboxylic acids is 1. The van der Waals surface area contributed by atoms with Gasteiger partial charge in [0.2, 0.25) is 0 Å². The van der Waals surface area contributed by atoms with Crippen LogP contribution in [0, 0.1) is 5.92 Å². The Balaban J connectivity index is 1.31. The molecular formula is C28H28ClN3O4. The van der Waals surface area contributed by atoms with Crippen LogP contribution in [0.3, 0.4) is 0 Å². The number of carbonyl (C=O) groups is 1. The quantitative estimate of drug-likeness (QED) is 0.479. The normalized spacial score (nSPS) is 16.3. The van der Waals surface area contributed by atoms with Crippen molar-refractivity contribution in [1.82, 2.24) is 14.9 Å². The van der Waals surface area contributed by atoms with Gasteiger partial charge in [0.05, 0.1) is 22.2 Å². The summed E-state index contributed by atoms with van der Waals surface area (Å²) < 4.78 is 6.00. The molecule has 7 nitrogen and oxygen atoms in total. The van der Waals surface area contributed by atoms with Crippen LogP contribution in [-0.2, 0) is 24.4 Å². The van der Waals surface area contributed by atoms with E-state index in [-0.39, 0.29) is 18.1 Å². The van der Waals surface area contributed by atoms with Gasteiger partial charge in [-0.25, -0.2) is 0 Å². The summed E-state index contributed by atoms with van der Waals surface area (Å²) in [6.07, 6.45) is 8.24. The number of allylic oxidation sites excluding steroid dienone is 1. The fourth-order valence-corrected chi connectivity index (χ4v) is 5.08. The number of aryl methyl sites for hydroxylation is 1. The Morgan fingerprint density at radius 2 is 2.00 bits per heavy atom. The maximum absolute atomic E-state index is 12.8. The summed E-state index contributed by atoms with van der Waals surface area (Å²) in [6, 6.07) is 11.8. The number of fused-ring (bicyclic) bond motifs is 1. The zero-order valence-electron chi connectivity index (χ0n) is 19.9. The number of benzene rings is 1. The molecule has 36 heavy (non-hydrogen) atoms. The molecule has 3 aromatic rings. The predicted octanol–water partition coefficient (Wildman–Crippen LogP) is 4.79. The number of rotatable bonds is 7. The SMILES string of the molecule is O=C(O)C1CCN(Cc2ccc3c(c2)CCC(c2c(OCc4ccc(Cl)cn4)cc[nH]c2=O)=C3)CC1. The van der Waals surface area contributed by atoms with Gasteiger partial charge in [-0.2, -0.15) is 0 Å². The van der Waals surface area contributed by atoms with Gasteiger partial charge in [-0.15, -0.1) is 0 Å². The van der Waals surface area contributed by atoms with Gasteiger partial charge in [-0.1, -0.05) is 35.9 Å². The van der Waals surface area contributed by atoms with Crippen molar-refractivity contribution in [2.24, 2.45) is 5.92 Å². The third-order valence-corrected chi connectivity index (χ3v) is 7.18. The summed E-state index contributed by atoms with van der Waals surface area (Å²) in [4.78, 5) is 33.4. The molecule has 0 spiro atoms. The van der Waals surface area contributed by atoms with E-state index in [1.54, 1.807) is 30.6 Å². The average Bonchev–Trinajstić information content (AvgIpc) is 2.88. The van der Waals surface area contributed by atoms with Crippen LogP contribution in [0.1, 0.15) is 47.2 Å². The van der Waals surface area contributed by atoms with Gasteiger partial charge >= 0.3 is 5.97 Å². The molecule has 1 aromatic carbocycles. The minimum Gasteiger partial charge on any atom is -0.486 e. The maximum atomic E-state index is 12.8. The number of ether oxygens (including phenoxy) is 1. The summed E-state index contributed by atoms with van der Waals surface area (Å²) in [6.45, 7) is 2.68. The van der Waals surface area contributed by atoms with Crippen LogP contribution in [0.25, 0.3) is 11.6 Å². The Kier molecular flexibility index (Phi) is 7.20. The number of hydrogen-bond acceptors (Lipinski definition) is 5. The lowest BCUT2D eigenvalue weighted by atomic mass is 9.87. The molecule has 1 aliphatic heterocycles. The Morgan fingerprint density at radius 1 is 1.17 bits per heavy atom. The minimum atomic E-state index is -0.682. The van der Waals surface area contributed by atoms with Crippen molar-refractivity contribution in [1.29, 1.82) is 0 Å². The van der Waals surface area contributed by atoms with Gasteiger partial charge in [0, 0.05) is 18.9 Å². The number of aromatic amines is 1. The number of nitrogens with one attached hydrogen (secondary N) is 1. The number of pyridine rings is 2.